The average Bonchev–Trinajstić information content (AvgIpc) is 2.32. The minimum absolute atomic E-state index is 0.246. The van der Waals surface area contributed by atoms with E-state index in [1.165, 1.54) is 5.56 Å². The highest BCUT2D eigenvalue weighted by Gasteiger charge is 2.25. The number of phenols is 1. The molecule has 0 aliphatic carbocycles. The number of fused-ring (bicyclic) bond motifs is 1. The van der Waals surface area contributed by atoms with E-state index in [1.807, 2.05) is 11.0 Å². The number of aromatic hydroxyl groups is 1. The molecule has 2 aliphatic heterocycles. The average molecular weight is 246 g/mol. The Kier molecular flexibility index (Phi) is 2.96. The summed E-state index contributed by atoms with van der Waals surface area (Å²) in [6.07, 6.45) is 1.55. The summed E-state index contributed by atoms with van der Waals surface area (Å²) in [5, 5.41) is 12.7. The van der Waals surface area contributed by atoms with Gasteiger partial charge in [0.1, 0.15) is 5.75 Å². The Morgan fingerprint density at radius 1 is 1.39 bits per heavy atom. The van der Waals surface area contributed by atoms with E-state index < -0.39 is 0 Å². The summed E-state index contributed by atoms with van der Waals surface area (Å²) in [7, 11) is 0. The summed E-state index contributed by atoms with van der Waals surface area (Å²) in [6.45, 7) is 3.38. The van der Waals surface area contributed by atoms with Crippen LogP contribution >= 0.6 is 0 Å². The van der Waals surface area contributed by atoms with E-state index in [0.717, 1.165) is 31.6 Å². The zero-order chi connectivity index (χ0) is 12.5. The van der Waals surface area contributed by atoms with E-state index in [2.05, 4.69) is 5.32 Å². The van der Waals surface area contributed by atoms with Gasteiger partial charge in [-0.1, -0.05) is 6.07 Å². The van der Waals surface area contributed by atoms with Crippen LogP contribution in [0.5, 0.6) is 5.75 Å². The summed E-state index contributed by atoms with van der Waals surface area (Å²) in [6, 6.07) is 5.46. The van der Waals surface area contributed by atoms with Crippen molar-refractivity contribution in [2.24, 2.45) is 5.92 Å². The number of amides is 1. The van der Waals surface area contributed by atoms with Gasteiger partial charge in [-0.05, 0) is 48.7 Å². The minimum Gasteiger partial charge on any atom is -0.508 e. The van der Waals surface area contributed by atoms with Crippen molar-refractivity contribution >= 4 is 5.91 Å². The monoisotopic (exact) mass is 246 g/mol. The molecule has 18 heavy (non-hydrogen) atoms. The van der Waals surface area contributed by atoms with Gasteiger partial charge in [-0.2, -0.15) is 0 Å². The fourth-order valence-corrected chi connectivity index (χ4v) is 2.63. The standard InChI is InChI=1S/C14H18N2O2/c17-13-2-1-11-3-4-16(9-12(11)6-13)14(18)5-10-7-15-8-10/h1-2,6,10,15,17H,3-5,7-9H2. The van der Waals surface area contributed by atoms with Crippen molar-refractivity contribution in [1.29, 1.82) is 0 Å². The zero-order valence-corrected chi connectivity index (χ0v) is 10.4. The summed E-state index contributed by atoms with van der Waals surface area (Å²) in [5.41, 5.74) is 2.34. The molecule has 1 saturated heterocycles. The molecule has 1 aromatic carbocycles. The van der Waals surface area contributed by atoms with Gasteiger partial charge in [0.25, 0.3) is 0 Å². The second-order valence-electron chi connectivity index (χ2n) is 5.25. The van der Waals surface area contributed by atoms with Crippen LogP contribution in [0.3, 0.4) is 0 Å². The van der Waals surface area contributed by atoms with Gasteiger partial charge in [0.2, 0.25) is 5.91 Å². The van der Waals surface area contributed by atoms with Gasteiger partial charge in [-0.3, -0.25) is 4.79 Å². The third-order valence-corrected chi connectivity index (χ3v) is 3.88. The number of carbonyl (C=O) groups is 1. The van der Waals surface area contributed by atoms with Crippen LogP contribution in [0.1, 0.15) is 17.5 Å². The molecule has 0 unspecified atom stereocenters. The van der Waals surface area contributed by atoms with Crippen molar-refractivity contribution in [3.05, 3.63) is 29.3 Å². The van der Waals surface area contributed by atoms with Gasteiger partial charge in [0, 0.05) is 19.5 Å². The molecular formula is C14H18N2O2. The lowest BCUT2D eigenvalue weighted by Crippen LogP contribution is -2.46. The Balaban J connectivity index is 1.67. The Morgan fingerprint density at radius 3 is 2.94 bits per heavy atom. The van der Waals surface area contributed by atoms with Crippen molar-refractivity contribution < 1.29 is 9.90 Å². The largest absolute Gasteiger partial charge is 0.508 e. The van der Waals surface area contributed by atoms with Gasteiger partial charge in [0.15, 0.2) is 0 Å². The predicted octanol–water partition coefficient (Wildman–Crippen LogP) is 0.886. The van der Waals surface area contributed by atoms with E-state index in [-0.39, 0.29) is 11.7 Å². The van der Waals surface area contributed by atoms with E-state index in [1.54, 1.807) is 12.1 Å². The van der Waals surface area contributed by atoms with E-state index in [4.69, 9.17) is 0 Å². The molecule has 96 valence electrons. The highest BCUT2D eigenvalue weighted by atomic mass is 16.3. The molecule has 4 heteroatoms. The van der Waals surface area contributed by atoms with Gasteiger partial charge in [-0.25, -0.2) is 0 Å². The molecule has 0 aromatic heterocycles. The van der Waals surface area contributed by atoms with Gasteiger partial charge < -0.3 is 15.3 Å². The minimum atomic E-state index is 0.246. The van der Waals surface area contributed by atoms with Crippen LogP contribution < -0.4 is 5.32 Å². The van der Waals surface area contributed by atoms with Crippen LogP contribution in [0.15, 0.2) is 18.2 Å². The summed E-state index contributed by atoms with van der Waals surface area (Å²) in [5.74, 6) is 1.05. The Hall–Kier alpha value is -1.55. The van der Waals surface area contributed by atoms with Crippen molar-refractivity contribution in [3.8, 4) is 5.75 Å². The molecule has 4 nitrogen and oxygen atoms in total. The SMILES string of the molecule is O=C(CC1CNC1)N1CCc2ccc(O)cc2C1. The van der Waals surface area contributed by atoms with E-state index >= 15 is 0 Å². The van der Waals surface area contributed by atoms with Crippen molar-refractivity contribution in [2.75, 3.05) is 19.6 Å². The number of benzene rings is 1. The number of nitrogens with zero attached hydrogens (tertiary/aromatic N) is 1. The number of hydrogen-bond acceptors (Lipinski definition) is 3. The zero-order valence-electron chi connectivity index (χ0n) is 10.4. The Labute approximate surface area is 107 Å². The van der Waals surface area contributed by atoms with Gasteiger partial charge in [-0.15, -0.1) is 0 Å². The first-order chi connectivity index (χ1) is 8.72. The molecule has 2 heterocycles. The van der Waals surface area contributed by atoms with E-state index in [0.29, 0.717) is 18.9 Å². The molecule has 0 atom stereocenters. The molecule has 2 aliphatic rings. The molecule has 1 fully saturated rings. The second-order valence-corrected chi connectivity index (χ2v) is 5.25. The summed E-state index contributed by atoms with van der Waals surface area (Å²) in [4.78, 5) is 14.0. The number of hydrogen-bond donors (Lipinski definition) is 2. The number of nitrogens with one attached hydrogen (secondary N) is 1. The Bertz CT molecular complexity index is 469. The maximum absolute atomic E-state index is 12.1. The van der Waals surface area contributed by atoms with E-state index in [9.17, 15) is 9.90 Å². The third kappa shape index (κ3) is 2.20. The third-order valence-electron chi connectivity index (χ3n) is 3.88. The fourth-order valence-electron chi connectivity index (χ4n) is 2.63. The lowest BCUT2D eigenvalue weighted by Gasteiger charge is -2.32. The van der Waals surface area contributed by atoms with Crippen LogP contribution in [-0.2, 0) is 17.8 Å². The van der Waals surface area contributed by atoms with Crippen LogP contribution in [0.25, 0.3) is 0 Å². The summed E-state index contributed by atoms with van der Waals surface area (Å²) < 4.78 is 0. The molecule has 3 rings (SSSR count). The highest BCUT2D eigenvalue weighted by molar-refractivity contribution is 5.77. The first kappa shape index (κ1) is 11.5. The second kappa shape index (κ2) is 4.61. The molecular weight excluding hydrogens is 228 g/mol. The molecule has 2 N–H and O–H groups in total. The smallest absolute Gasteiger partial charge is 0.223 e. The van der Waals surface area contributed by atoms with Gasteiger partial charge >= 0.3 is 0 Å². The predicted molar refractivity (Wildman–Crippen MR) is 68.2 cm³/mol. The number of rotatable bonds is 2. The van der Waals surface area contributed by atoms with Crippen LogP contribution in [0.4, 0.5) is 0 Å². The summed E-state index contributed by atoms with van der Waals surface area (Å²) >= 11 is 0. The molecule has 0 saturated carbocycles. The lowest BCUT2D eigenvalue weighted by molar-refractivity contribution is -0.133. The highest BCUT2D eigenvalue weighted by Crippen LogP contribution is 2.24. The maximum atomic E-state index is 12.1. The fraction of sp³-hybridized carbons (Fsp3) is 0.500. The van der Waals surface area contributed by atoms with Crippen LogP contribution in [0, 0.1) is 5.92 Å². The normalized spacial score (nSPS) is 19.2. The first-order valence-electron chi connectivity index (χ1n) is 6.51. The lowest BCUT2D eigenvalue weighted by atomic mass is 9.96. The molecule has 1 aromatic rings. The molecule has 0 bridgehead atoms. The molecule has 0 spiro atoms. The molecule has 0 radical (unpaired) electrons. The maximum Gasteiger partial charge on any atom is 0.223 e. The number of carbonyl (C=O) groups excluding carboxylic acids is 1. The molecule has 1 amide bonds. The topological polar surface area (TPSA) is 52.6 Å². The van der Waals surface area contributed by atoms with Crippen LogP contribution in [0.2, 0.25) is 0 Å². The van der Waals surface area contributed by atoms with Crippen LogP contribution in [-0.4, -0.2) is 35.5 Å². The van der Waals surface area contributed by atoms with Crippen molar-refractivity contribution in [3.63, 3.8) is 0 Å². The van der Waals surface area contributed by atoms with Gasteiger partial charge in [0.05, 0.1) is 0 Å². The first-order valence-corrected chi connectivity index (χ1v) is 6.51. The van der Waals surface area contributed by atoms with Crippen molar-refractivity contribution in [2.45, 2.75) is 19.4 Å². The number of phenolic OH excluding ortho intramolecular Hbond substituents is 1. The van der Waals surface area contributed by atoms with Crippen molar-refractivity contribution in [1.82, 2.24) is 10.2 Å². The Morgan fingerprint density at radius 2 is 2.22 bits per heavy atom. The quantitative estimate of drug-likeness (QED) is 0.814.